The highest BCUT2D eigenvalue weighted by molar-refractivity contribution is 5.96. The van der Waals surface area contributed by atoms with E-state index in [0.717, 1.165) is 47.7 Å². The number of benzene rings is 1. The highest BCUT2D eigenvalue weighted by Gasteiger charge is 2.35. The smallest absolute Gasteiger partial charge is 0.318 e. The van der Waals surface area contributed by atoms with Crippen LogP contribution >= 0.6 is 0 Å². The fraction of sp³-hybridized carbons (Fsp3) is 0.545. The van der Waals surface area contributed by atoms with E-state index in [2.05, 4.69) is 57.9 Å². The van der Waals surface area contributed by atoms with Gasteiger partial charge in [-0.2, -0.15) is 15.2 Å². The molecular formula is C33H41FN8O2. The Hall–Kier alpha value is -4.04. The van der Waals surface area contributed by atoms with Crippen LogP contribution in [0.1, 0.15) is 49.4 Å². The molecule has 2 fully saturated rings. The number of nitriles is 1. The molecule has 10 nitrogen and oxygen atoms in total. The molecule has 0 N–H and O–H groups in total. The largest absolute Gasteiger partial charge is 0.462 e. The fourth-order valence-corrected chi connectivity index (χ4v) is 6.70. The van der Waals surface area contributed by atoms with Crippen molar-refractivity contribution in [3.8, 4) is 12.1 Å². The SMILES string of the molecule is Cc1cccc2cncc(N3CCc4c(nc(OCCN(C)C5CCC5)nc4N4CCN(C(=O)C(C)F)[C@@H](CC#N)C4)C3)c12. The van der Waals surface area contributed by atoms with Crippen LogP contribution in [0.3, 0.4) is 0 Å². The first-order valence-electron chi connectivity index (χ1n) is 15.7. The summed E-state index contributed by atoms with van der Waals surface area (Å²) >= 11 is 0. The molecule has 232 valence electrons. The Kier molecular flexibility index (Phi) is 8.80. The molecule has 1 amide bonds. The number of rotatable bonds is 9. The zero-order chi connectivity index (χ0) is 30.8. The minimum absolute atomic E-state index is 0.125. The van der Waals surface area contributed by atoms with Gasteiger partial charge in [-0.25, -0.2) is 4.39 Å². The number of aromatic nitrogens is 3. The number of pyridine rings is 1. The molecule has 0 bridgehead atoms. The van der Waals surface area contributed by atoms with Crippen molar-refractivity contribution >= 4 is 28.2 Å². The van der Waals surface area contributed by atoms with Gasteiger partial charge in [0.2, 0.25) is 0 Å². The molecule has 1 saturated carbocycles. The van der Waals surface area contributed by atoms with Crippen molar-refractivity contribution in [2.45, 2.75) is 70.8 Å². The van der Waals surface area contributed by atoms with Gasteiger partial charge in [-0.05, 0) is 45.7 Å². The molecule has 2 aliphatic heterocycles. The maximum Gasteiger partial charge on any atom is 0.318 e. The number of halogens is 1. The average Bonchev–Trinajstić information content (AvgIpc) is 2.99. The van der Waals surface area contributed by atoms with Gasteiger partial charge in [0.1, 0.15) is 12.4 Å². The molecule has 11 heteroatoms. The minimum Gasteiger partial charge on any atom is -0.462 e. The monoisotopic (exact) mass is 600 g/mol. The highest BCUT2D eigenvalue weighted by Crippen LogP contribution is 2.35. The lowest BCUT2D eigenvalue weighted by Crippen LogP contribution is -2.57. The number of nitrogens with zero attached hydrogens (tertiary/aromatic N) is 8. The third-order valence-electron chi connectivity index (χ3n) is 9.44. The first kappa shape index (κ1) is 30.0. The Labute approximate surface area is 258 Å². The Morgan fingerprint density at radius 1 is 1.20 bits per heavy atom. The van der Waals surface area contributed by atoms with Crippen LogP contribution in [0.25, 0.3) is 10.8 Å². The number of carbonyl (C=O) groups is 1. The highest BCUT2D eigenvalue weighted by atomic mass is 19.1. The van der Waals surface area contributed by atoms with Crippen LogP contribution in [0, 0.1) is 18.3 Å². The van der Waals surface area contributed by atoms with Gasteiger partial charge < -0.3 is 24.3 Å². The van der Waals surface area contributed by atoms with Gasteiger partial charge in [0.15, 0.2) is 6.17 Å². The molecule has 6 rings (SSSR count). The molecule has 2 atom stereocenters. The second-order valence-corrected chi connectivity index (χ2v) is 12.3. The lowest BCUT2D eigenvalue weighted by molar-refractivity contribution is -0.138. The van der Waals surface area contributed by atoms with Crippen LogP contribution < -0.4 is 14.5 Å². The number of hydrogen-bond acceptors (Lipinski definition) is 9. The maximum absolute atomic E-state index is 14.0. The summed E-state index contributed by atoms with van der Waals surface area (Å²) < 4.78 is 20.2. The minimum atomic E-state index is -1.61. The molecule has 2 aromatic heterocycles. The Balaban J connectivity index is 1.30. The summed E-state index contributed by atoms with van der Waals surface area (Å²) in [5.74, 6) is 0.219. The number of aryl methyl sites for hydroxylation is 1. The van der Waals surface area contributed by atoms with E-state index in [9.17, 15) is 14.4 Å². The second kappa shape index (κ2) is 12.9. The van der Waals surface area contributed by atoms with Gasteiger partial charge in [0.05, 0.1) is 42.7 Å². The molecule has 1 aromatic carbocycles. The molecule has 0 radical (unpaired) electrons. The summed E-state index contributed by atoms with van der Waals surface area (Å²) in [4.78, 5) is 35.3. The summed E-state index contributed by atoms with van der Waals surface area (Å²) in [6.07, 6.45) is 6.83. The summed E-state index contributed by atoms with van der Waals surface area (Å²) in [5.41, 5.74) is 4.24. The van der Waals surface area contributed by atoms with Crippen LogP contribution in [0.15, 0.2) is 30.6 Å². The third kappa shape index (κ3) is 6.00. The van der Waals surface area contributed by atoms with Crippen molar-refractivity contribution in [2.75, 3.05) is 56.2 Å². The van der Waals surface area contributed by atoms with Gasteiger partial charge in [0.25, 0.3) is 5.91 Å². The van der Waals surface area contributed by atoms with E-state index < -0.39 is 18.1 Å². The number of fused-ring (bicyclic) bond motifs is 2. The number of carbonyl (C=O) groups excluding carboxylic acids is 1. The van der Waals surface area contributed by atoms with Gasteiger partial charge in [0, 0.05) is 61.3 Å². The zero-order valence-corrected chi connectivity index (χ0v) is 25.9. The molecule has 1 unspecified atom stereocenters. The average molecular weight is 601 g/mol. The van der Waals surface area contributed by atoms with E-state index in [4.69, 9.17) is 14.7 Å². The summed E-state index contributed by atoms with van der Waals surface area (Å²) in [5, 5.41) is 11.8. The molecule has 1 saturated heterocycles. The van der Waals surface area contributed by atoms with E-state index in [1.165, 1.54) is 42.0 Å². The van der Waals surface area contributed by atoms with Gasteiger partial charge in [-0.3, -0.25) is 9.78 Å². The first-order chi connectivity index (χ1) is 21.3. The molecule has 0 spiro atoms. The van der Waals surface area contributed by atoms with Crippen molar-refractivity contribution in [1.82, 2.24) is 24.8 Å². The van der Waals surface area contributed by atoms with Gasteiger partial charge in [-0.15, -0.1) is 0 Å². The Bertz CT molecular complexity index is 1550. The summed E-state index contributed by atoms with van der Waals surface area (Å²) in [6, 6.07) is 9.00. The number of ether oxygens (including phenoxy) is 1. The van der Waals surface area contributed by atoms with Crippen LogP contribution in [0.2, 0.25) is 0 Å². The van der Waals surface area contributed by atoms with Crippen molar-refractivity contribution in [2.24, 2.45) is 0 Å². The number of hydrogen-bond donors (Lipinski definition) is 0. The number of piperazine rings is 1. The molecular weight excluding hydrogens is 559 g/mol. The Morgan fingerprint density at radius 3 is 2.80 bits per heavy atom. The van der Waals surface area contributed by atoms with E-state index in [1.807, 2.05) is 12.4 Å². The quantitative estimate of drug-likeness (QED) is 0.360. The lowest BCUT2D eigenvalue weighted by atomic mass is 9.92. The van der Waals surface area contributed by atoms with Crippen molar-refractivity contribution in [3.05, 3.63) is 47.4 Å². The number of amides is 1. The zero-order valence-electron chi connectivity index (χ0n) is 25.9. The topological polar surface area (TPSA) is 102 Å². The predicted molar refractivity (Wildman–Crippen MR) is 168 cm³/mol. The molecule has 4 heterocycles. The molecule has 3 aliphatic rings. The van der Waals surface area contributed by atoms with Crippen LogP contribution in [0.5, 0.6) is 6.01 Å². The predicted octanol–water partition coefficient (Wildman–Crippen LogP) is 4.05. The van der Waals surface area contributed by atoms with Crippen molar-refractivity contribution in [3.63, 3.8) is 0 Å². The molecule has 3 aromatic rings. The molecule has 1 aliphatic carbocycles. The van der Waals surface area contributed by atoms with Gasteiger partial charge in [-0.1, -0.05) is 24.6 Å². The van der Waals surface area contributed by atoms with E-state index >= 15 is 0 Å². The number of alkyl halides is 1. The second-order valence-electron chi connectivity index (χ2n) is 12.3. The van der Waals surface area contributed by atoms with Crippen LogP contribution in [0.4, 0.5) is 15.9 Å². The van der Waals surface area contributed by atoms with Crippen LogP contribution in [-0.4, -0.2) is 95.3 Å². The van der Waals surface area contributed by atoms with E-state index in [-0.39, 0.29) is 6.42 Å². The number of anilines is 2. The maximum atomic E-state index is 14.0. The van der Waals surface area contributed by atoms with E-state index in [0.29, 0.717) is 44.8 Å². The standard InChI is InChI=1S/C33H41FN8O2/c1-22-6-4-7-24-18-36-19-29(30(22)24)40-13-11-27-28(21-40)37-33(44-17-16-39(3)25-8-5-9-25)38-31(27)41-14-15-42(32(43)23(2)34)26(20-41)10-12-35/h4,6-7,18-19,23,25-26H,5,8-11,13-17,20-21H2,1-3H3/t23?,26-/m0/s1. The fourth-order valence-electron chi connectivity index (χ4n) is 6.70. The van der Waals surface area contributed by atoms with Crippen molar-refractivity contribution in [1.29, 1.82) is 5.26 Å². The van der Waals surface area contributed by atoms with Gasteiger partial charge >= 0.3 is 6.01 Å². The van der Waals surface area contributed by atoms with Crippen LogP contribution in [-0.2, 0) is 17.8 Å². The summed E-state index contributed by atoms with van der Waals surface area (Å²) in [7, 11) is 2.14. The molecule has 44 heavy (non-hydrogen) atoms. The normalized spacial score (nSPS) is 19.5. The van der Waals surface area contributed by atoms with Crippen molar-refractivity contribution < 1.29 is 13.9 Å². The Morgan fingerprint density at radius 2 is 2.05 bits per heavy atom. The number of likely N-dealkylation sites (N-methyl/N-ethyl adjacent to an activating group) is 1. The third-order valence-corrected chi connectivity index (χ3v) is 9.44. The lowest BCUT2D eigenvalue weighted by Gasteiger charge is -2.42. The summed E-state index contributed by atoms with van der Waals surface area (Å²) in [6.45, 7) is 7.22. The van der Waals surface area contributed by atoms with E-state index in [1.54, 1.807) is 0 Å². The first-order valence-corrected chi connectivity index (χ1v) is 15.7.